The summed E-state index contributed by atoms with van der Waals surface area (Å²) in [5.41, 5.74) is 0.479. The van der Waals surface area contributed by atoms with Crippen LogP contribution in [0.3, 0.4) is 0 Å². The number of thioether (sulfide) groups is 1. The Morgan fingerprint density at radius 3 is 2.17 bits per heavy atom. The summed E-state index contributed by atoms with van der Waals surface area (Å²) in [5, 5.41) is 0. The lowest BCUT2D eigenvalue weighted by Crippen LogP contribution is -2.41. The van der Waals surface area contributed by atoms with Crippen LogP contribution in [0.25, 0.3) is 0 Å². The zero-order chi connectivity index (χ0) is 9.24. The molecule has 0 aromatic rings. The highest BCUT2D eigenvalue weighted by molar-refractivity contribution is 8.00. The molecule has 0 bridgehead atoms. The van der Waals surface area contributed by atoms with Crippen molar-refractivity contribution in [2.24, 2.45) is 5.41 Å². The van der Waals surface area contributed by atoms with Gasteiger partial charge in [0.15, 0.2) is 0 Å². The molecule has 0 aromatic heterocycles. The van der Waals surface area contributed by atoms with Crippen molar-refractivity contribution < 1.29 is 0 Å². The number of rotatable bonds is 1. The summed E-state index contributed by atoms with van der Waals surface area (Å²) in [7, 11) is 0. The molecule has 72 valence electrons. The predicted molar refractivity (Wildman–Crippen MR) is 58.8 cm³/mol. The molecule has 1 unspecified atom stereocenters. The van der Waals surface area contributed by atoms with E-state index in [9.17, 15) is 0 Å². The van der Waals surface area contributed by atoms with Crippen LogP contribution >= 0.6 is 11.8 Å². The van der Waals surface area contributed by atoms with Crippen molar-refractivity contribution >= 4 is 11.8 Å². The maximum absolute atomic E-state index is 2.40. The molecule has 0 N–H and O–H groups in total. The summed E-state index contributed by atoms with van der Waals surface area (Å²) in [6, 6.07) is 0. The maximum atomic E-state index is 2.40. The third kappa shape index (κ3) is 1.81. The van der Waals surface area contributed by atoms with E-state index in [1.807, 2.05) is 0 Å². The molecule has 1 rings (SSSR count). The van der Waals surface area contributed by atoms with Crippen LogP contribution in [0.1, 0.15) is 53.4 Å². The molecule has 12 heavy (non-hydrogen) atoms. The van der Waals surface area contributed by atoms with E-state index in [2.05, 4.69) is 39.5 Å². The van der Waals surface area contributed by atoms with Gasteiger partial charge in [-0.05, 0) is 30.4 Å². The van der Waals surface area contributed by atoms with Crippen molar-refractivity contribution in [3.05, 3.63) is 0 Å². The van der Waals surface area contributed by atoms with E-state index in [1.165, 1.54) is 31.4 Å². The minimum atomic E-state index is 0.479. The van der Waals surface area contributed by atoms with Gasteiger partial charge in [0.05, 0.1) is 0 Å². The molecule has 1 heterocycles. The topological polar surface area (TPSA) is 0 Å². The summed E-state index contributed by atoms with van der Waals surface area (Å²) in [6.07, 6.45) is 5.64. The zero-order valence-corrected chi connectivity index (χ0v) is 9.76. The average molecular weight is 186 g/mol. The van der Waals surface area contributed by atoms with Crippen molar-refractivity contribution in [2.75, 3.05) is 5.75 Å². The Labute approximate surface area is 81.5 Å². The highest BCUT2D eigenvalue weighted by atomic mass is 32.2. The van der Waals surface area contributed by atoms with E-state index < -0.39 is 0 Å². The molecule has 0 spiro atoms. The van der Waals surface area contributed by atoms with E-state index in [1.54, 1.807) is 0 Å². The SMILES string of the molecule is CCC1(C(C)(C)C)CCCCS1. The van der Waals surface area contributed by atoms with Crippen LogP contribution in [0, 0.1) is 5.41 Å². The van der Waals surface area contributed by atoms with Crippen LogP contribution in [-0.2, 0) is 0 Å². The Kier molecular flexibility index (Phi) is 3.14. The predicted octanol–water partition coefficient (Wildman–Crippen LogP) is 4.10. The molecule has 1 atom stereocenters. The van der Waals surface area contributed by atoms with Crippen LogP contribution < -0.4 is 0 Å². The van der Waals surface area contributed by atoms with Crippen molar-refractivity contribution in [3.8, 4) is 0 Å². The lowest BCUT2D eigenvalue weighted by molar-refractivity contribution is 0.248. The fourth-order valence-electron chi connectivity index (χ4n) is 2.25. The fourth-order valence-corrected chi connectivity index (χ4v) is 3.92. The van der Waals surface area contributed by atoms with Crippen molar-refractivity contribution in [3.63, 3.8) is 0 Å². The van der Waals surface area contributed by atoms with Gasteiger partial charge < -0.3 is 0 Å². The van der Waals surface area contributed by atoms with E-state index in [0.29, 0.717) is 10.2 Å². The zero-order valence-electron chi connectivity index (χ0n) is 8.94. The van der Waals surface area contributed by atoms with E-state index in [4.69, 9.17) is 0 Å². The Balaban J connectivity index is 2.73. The van der Waals surface area contributed by atoms with Gasteiger partial charge in [0.25, 0.3) is 0 Å². The standard InChI is InChI=1S/C11H22S/c1-5-11(10(2,3)4)8-6-7-9-12-11/h5-9H2,1-4H3. The van der Waals surface area contributed by atoms with Gasteiger partial charge in [-0.1, -0.05) is 34.1 Å². The molecule has 1 aliphatic heterocycles. The Morgan fingerprint density at radius 2 is 1.92 bits per heavy atom. The molecule has 0 nitrogen and oxygen atoms in total. The second-order valence-electron chi connectivity index (χ2n) is 4.90. The van der Waals surface area contributed by atoms with E-state index >= 15 is 0 Å². The van der Waals surface area contributed by atoms with Crippen molar-refractivity contribution in [2.45, 2.75) is 58.1 Å². The van der Waals surface area contributed by atoms with Gasteiger partial charge in [-0.3, -0.25) is 0 Å². The molecule has 1 fully saturated rings. The lowest BCUT2D eigenvalue weighted by atomic mass is 9.75. The molecule has 0 saturated carbocycles. The average Bonchev–Trinajstić information content (AvgIpc) is 2.04. The first-order valence-corrected chi connectivity index (χ1v) is 6.14. The maximum Gasteiger partial charge on any atom is 0.0205 e. The van der Waals surface area contributed by atoms with Gasteiger partial charge in [0.2, 0.25) is 0 Å². The minimum Gasteiger partial charge on any atom is -0.155 e. The van der Waals surface area contributed by atoms with Crippen molar-refractivity contribution in [1.82, 2.24) is 0 Å². The van der Waals surface area contributed by atoms with Crippen LogP contribution in [0.5, 0.6) is 0 Å². The molecule has 0 aromatic carbocycles. The van der Waals surface area contributed by atoms with Gasteiger partial charge >= 0.3 is 0 Å². The second kappa shape index (κ2) is 3.61. The van der Waals surface area contributed by atoms with Gasteiger partial charge in [0, 0.05) is 4.75 Å². The van der Waals surface area contributed by atoms with E-state index in [0.717, 1.165) is 0 Å². The first kappa shape index (κ1) is 10.4. The Morgan fingerprint density at radius 1 is 1.25 bits per heavy atom. The lowest BCUT2D eigenvalue weighted by Gasteiger charge is -2.46. The Hall–Kier alpha value is 0.350. The molecule has 1 heteroatoms. The van der Waals surface area contributed by atoms with Gasteiger partial charge in [-0.15, -0.1) is 0 Å². The molecule has 1 aliphatic rings. The fraction of sp³-hybridized carbons (Fsp3) is 1.00. The molecule has 0 aliphatic carbocycles. The largest absolute Gasteiger partial charge is 0.155 e. The first-order valence-electron chi connectivity index (χ1n) is 5.16. The minimum absolute atomic E-state index is 0.479. The van der Waals surface area contributed by atoms with Crippen molar-refractivity contribution in [1.29, 1.82) is 0 Å². The summed E-state index contributed by atoms with van der Waals surface area (Å²) < 4.78 is 0.575. The molecule has 0 amide bonds. The third-order valence-corrected chi connectivity index (χ3v) is 5.44. The Bertz CT molecular complexity index is 138. The summed E-state index contributed by atoms with van der Waals surface area (Å²) >= 11 is 2.22. The van der Waals surface area contributed by atoms with Crippen LogP contribution in [-0.4, -0.2) is 10.5 Å². The van der Waals surface area contributed by atoms with E-state index in [-0.39, 0.29) is 0 Å². The first-order chi connectivity index (χ1) is 5.52. The normalized spacial score (nSPS) is 32.0. The molecular formula is C11H22S. The highest BCUT2D eigenvalue weighted by Crippen LogP contribution is 2.50. The highest BCUT2D eigenvalue weighted by Gasteiger charge is 2.41. The molecular weight excluding hydrogens is 164 g/mol. The smallest absolute Gasteiger partial charge is 0.0205 e. The van der Waals surface area contributed by atoms with Gasteiger partial charge in [-0.25, -0.2) is 0 Å². The molecule has 0 radical (unpaired) electrons. The van der Waals surface area contributed by atoms with Crippen LogP contribution in [0.4, 0.5) is 0 Å². The quantitative estimate of drug-likeness (QED) is 0.594. The summed E-state index contributed by atoms with van der Waals surface area (Å²) in [6.45, 7) is 9.54. The van der Waals surface area contributed by atoms with Gasteiger partial charge in [0.1, 0.15) is 0 Å². The third-order valence-electron chi connectivity index (χ3n) is 3.29. The van der Waals surface area contributed by atoms with Gasteiger partial charge in [-0.2, -0.15) is 11.8 Å². The monoisotopic (exact) mass is 186 g/mol. The number of hydrogen-bond donors (Lipinski definition) is 0. The number of hydrogen-bond acceptors (Lipinski definition) is 1. The second-order valence-corrected chi connectivity index (χ2v) is 6.38. The molecule has 1 saturated heterocycles. The summed E-state index contributed by atoms with van der Waals surface area (Å²) in [4.78, 5) is 0. The summed E-state index contributed by atoms with van der Waals surface area (Å²) in [5.74, 6) is 1.38. The van der Waals surface area contributed by atoms with Crippen LogP contribution in [0.15, 0.2) is 0 Å². The van der Waals surface area contributed by atoms with Crippen LogP contribution in [0.2, 0.25) is 0 Å².